The van der Waals surface area contributed by atoms with Gasteiger partial charge in [0, 0.05) is 12.6 Å². The molecule has 0 aromatic heterocycles. The first-order chi connectivity index (χ1) is 5.77. The van der Waals surface area contributed by atoms with Gasteiger partial charge in [0.2, 0.25) is 0 Å². The van der Waals surface area contributed by atoms with Gasteiger partial charge in [0.1, 0.15) is 0 Å². The van der Waals surface area contributed by atoms with Gasteiger partial charge in [-0.3, -0.25) is 4.90 Å². The Morgan fingerprint density at radius 3 is 3.08 bits per heavy atom. The predicted octanol–water partition coefficient (Wildman–Crippen LogP) is 1.80. The second kappa shape index (κ2) is 4.27. The van der Waals surface area contributed by atoms with Crippen LogP contribution < -0.4 is 0 Å². The van der Waals surface area contributed by atoms with Crippen LogP contribution in [-0.4, -0.2) is 24.0 Å². The predicted molar refractivity (Wildman–Crippen MR) is 49.6 cm³/mol. The fourth-order valence-electron chi connectivity index (χ4n) is 1.63. The molecule has 0 radical (unpaired) electrons. The number of rotatable bonds is 2. The molecule has 0 aromatic carbocycles. The number of likely N-dealkylation sites (tertiary alicyclic amines) is 1. The second-order valence-corrected chi connectivity index (χ2v) is 3.44. The fraction of sp³-hybridized carbons (Fsp3) is 0.700. The minimum absolute atomic E-state index is 0.237. The highest BCUT2D eigenvalue weighted by Crippen LogP contribution is 2.17. The molecule has 0 N–H and O–H groups in total. The average molecular weight is 164 g/mol. The van der Waals surface area contributed by atoms with Crippen LogP contribution in [0.2, 0.25) is 0 Å². The van der Waals surface area contributed by atoms with E-state index in [2.05, 4.69) is 24.5 Å². The highest BCUT2D eigenvalue weighted by molar-refractivity contribution is 4.93. The van der Waals surface area contributed by atoms with Crippen LogP contribution in [0.5, 0.6) is 0 Å². The van der Waals surface area contributed by atoms with Crippen molar-refractivity contribution in [2.24, 2.45) is 5.92 Å². The Morgan fingerprint density at radius 2 is 2.50 bits per heavy atom. The minimum atomic E-state index is 0.237. The van der Waals surface area contributed by atoms with E-state index in [0.717, 1.165) is 25.9 Å². The van der Waals surface area contributed by atoms with Crippen LogP contribution in [0.1, 0.15) is 19.8 Å². The smallest absolute Gasteiger partial charge is 0.0669 e. The number of hydrogen-bond donors (Lipinski definition) is 0. The fourth-order valence-corrected chi connectivity index (χ4v) is 1.63. The van der Waals surface area contributed by atoms with Crippen molar-refractivity contribution in [3.8, 4) is 6.07 Å². The molecule has 1 aliphatic heterocycles. The summed E-state index contributed by atoms with van der Waals surface area (Å²) in [5.41, 5.74) is 0. The molecular weight excluding hydrogens is 148 g/mol. The molecule has 2 nitrogen and oxygen atoms in total. The van der Waals surface area contributed by atoms with Gasteiger partial charge in [-0.1, -0.05) is 6.08 Å². The Hall–Kier alpha value is -0.810. The first-order valence-electron chi connectivity index (χ1n) is 4.54. The second-order valence-electron chi connectivity index (χ2n) is 3.44. The van der Waals surface area contributed by atoms with Crippen molar-refractivity contribution in [1.82, 2.24) is 4.90 Å². The van der Waals surface area contributed by atoms with Crippen LogP contribution in [0, 0.1) is 17.2 Å². The largest absolute Gasteiger partial charge is 0.296 e. The third kappa shape index (κ3) is 2.09. The van der Waals surface area contributed by atoms with Crippen molar-refractivity contribution < 1.29 is 0 Å². The van der Waals surface area contributed by atoms with Gasteiger partial charge in [-0.05, 0) is 26.3 Å². The molecule has 1 saturated heterocycles. The highest BCUT2D eigenvalue weighted by atomic mass is 15.2. The zero-order valence-corrected chi connectivity index (χ0v) is 7.66. The van der Waals surface area contributed by atoms with Crippen molar-refractivity contribution in [2.75, 3.05) is 13.1 Å². The Morgan fingerprint density at radius 1 is 1.75 bits per heavy atom. The third-order valence-electron chi connectivity index (χ3n) is 2.55. The third-order valence-corrected chi connectivity index (χ3v) is 2.55. The van der Waals surface area contributed by atoms with Gasteiger partial charge in [-0.15, -0.1) is 6.58 Å². The van der Waals surface area contributed by atoms with Gasteiger partial charge in [0.05, 0.1) is 12.0 Å². The Labute approximate surface area is 74.5 Å². The van der Waals surface area contributed by atoms with Crippen molar-refractivity contribution in [3.05, 3.63) is 12.7 Å². The maximum absolute atomic E-state index is 8.76. The summed E-state index contributed by atoms with van der Waals surface area (Å²) in [6.45, 7) is 7.93. The number of nitriles is 1. The van der Waals surface area contributed by atoms with Crippen molar-refractivity contribution in [1.29, 1.82) is 5.26 Å². The Bertz CT molecular complexity index is 193. The average Bonchev–Trinajstić information content (AvgIpc) is 2.17. The minimum Gasteiger partial charge on any atom is -0.296 e. The lowest BCUT2D eigenvalue weighted by molar-refractivity contribution is 0.175. The van der Waals surface area contributed by atoms with Crippen LogP contribution in [-0.2, 0) is 0 Å². The summed E-state index contributed by atoms with van der Waals surface area (Å²) in [6, 6.07) is 2.75. The quantitative estimate of drug-likeness (QED) is 0.582. The summed E-state index contributed by atoms with van der Waals surface area (Å²) in [6.07, 6.45) is 4.16. The molecule has 0 aromatic rings. The van der Waals surface area contributed by atoms with Crippen molar-refractivity contribution in [2.45, 2.75) is 25.8 Å². The summed E-state index contributed by atoms with van der Waals surface area (Å²) in [5, 5.41) is 8.76. The van der Waals surface area contributed by atoms with E-state index in [1.807, 2.05) is 6.08 Å². The first kappa shape index (κ1) is 9.28. The lowest BCUT2D eigenvalue weighted by Crippen LogP contribution is -2.39. The molecule has 0 saturated carbocycles. The molecule has 2 atom stereocenters. The van der Waals surface area contributed by atoms with Gasteiger partial charge in [0.15, 0.2) is 0 Å². The molecule has 1 fully saturated rings. The van der Waals surface area contributed by atoms with Gasteiger partial charge in [0.25, 0.3) is 0 Å². The van der Waals surface area contributed by atoms with E-state index in [0.29, 0.717) is 6.04 Å². The zero-order chi connectivity index (χ0) is 8.97. The first-order valence-corrected chi connectivity index (χ1v) is 4.54. The standard InChI is InChI=1S/C10H16N2/c1-3-9(2)12-6-4-5-10(7-11)8-12/h3,9-10H,1,4-6,8H2,2H3. The van der Waals surface area contributed by atoms with E-state index in [1.54, 1.807) is 0 Å². The van der Waals surface area contributed by atoms with Gasteiger partial charge in [-0.25, -0.2) is 0 Å². The van der Waals surface area contributed by atoms with Crippen LogP contribution >= 0.6 is 0 Å². The normalized spacial score (nSPS) is 27.5. The summed E-state index contributed by atoms with van der Waals surface area (Å²) >= 11 is 0. The maximum Gasteiger partial charge on any atom is 0.0669 e. The monoisotopic (exact) mass is 164 g/mol. The van der Waals surface area contributed by atoms with Crippen molar-refractivity contribution in [3.63, 3.8) is 0 Å². The number of nitrogens with zero attached hydrogens (tertiary/aromatic N) is 2. The topological polar surface area (TPSA) is 27.0 Å². The Balaban J connectivity index is 2.46. The molecule has 1 aliphatic rings. The van der Waals surface area contributed by atoms with Crippen LogP contribution in [0.3, 0.4) is 0 Å². The maximum atomic E-state index is 8.76. The summed E-state index contributed by atoms with van der Waals surface area (Å²) in [5.74, 6) is 0.237. The number of piperidine rings is 1. The van der Waals surface area contributed by atoms with Gasteiger partial charge in [-0.2, -0.15) is 5.26 Å². The van der Waals surface area contributed by atoms with E-state index in [9.17, 15) is 0 Å². The van der Waals surface area contributed by atoms with Crippen LogP contribution in [0.25, 0.3) is 0 Å². The molecule has 2 heteroatoms. The lowest BCUT2D eigenvalue weighted by Gasteiger charge is -2.32. The number of hydrogen-bond acceptors (Lipinski definition) is 2. The molecule has 1 heterocycles. The highest BCUT2D eigenvalue weighted by Gasteiger charge is 2.21. The Kier molecular flexibility index (Phi) is 3.31. The molecule has 0 aliphatic carbocycles. The molecule has 0 amide bonds. The van der Waals surface area contributed by atoms with Crippen molar-refractivity contribution >= 4 is 0 Å². The lowest BCUT2D eigenvalue weighted by atomic mass is 9.98. The summed E-state index contributed by atoms with van der Waals surface area (Å²) in [7, 11) is 0. The van der Waals surface area contributed by atoms with E-state index in [1.165, 1.54) is 0 Å². The molecule has 2 unspecified atom stereocenters. The van der Waals surface area contributed by atoms with E-state index in [-0.39, 0.29) is 5.92 Å². The van der Waals surface area contributed by atoms with Gasteiger partial charge < -0.3 is 0 Å². The molecular formula is C10H16N2. The molecule has 12 heavy (non-hydrogen) atoms. The van der Waals surface area contributed by atoms with E-state index >= 15 is 0 Å². The summed E-state index contributed by atoms with van der Waals surface area (Å²) < 4.78 is 0. The van der Waals surface area contributed by atoms with Crippen LogP contribution in [0.4, 0.5) is 0 Å². The zero-order valence-electron chi connectivity index (χ0n) is 7.66. The molecule has 1 rings (SSSR count). The van der Waals surface area contributed by atoms with E-state index in [4.69, 9.17) is 5.26 Å². The SMILES string of the molecule is C=CC(C)N1CCCC(C#N)C1. The molecule has 0 spiro atoms. The molecule has 0 bridgehead atoms. The molecule has 66 valence electrons. The van der Waals surface area contributed by atoms with Gasteiger partial charge >= 0.3 is 0 Å². The summed E-state index contributed by atoms with van der Waals surface area (Å²) in [4.78, 5) is 2.32. The van der Waals surface area contributed by atoms with E-state index < -0.39 is 0 Å². The van der Waals surface area contributed by atoms with Crippen LogP contribution in [0.15, 0.2) is 12.7 Å².